The molecule has 0 amide bonds. The second-order valence-corrected chi connectivity index (χ2v) is 7.16. The standard InChI is InChI=1S/C19H30N2O3/c1-4-23-15-5-6-18-16(13-15)17(14-19(2,3)24-18)20-7-8-21-9-11-22-12-10-21/h5-6,13,17,20H,4,7-12,14H2,1-3H3/t17-/m0/s1. The lowest BCUT2D eigenvalue weighted by atomic mass is 9.89. The van der Waals surface area contributed by atoms with E-state index < -0.39 is 0 Å². The first-order valence-electron chi connectivity index (χ1n) is 9.06. The molecule has 1 fully saturated rings. The van der Waals surface area contributed by atoms with Gasteiger partial charge in [-0.3, -0.25) is 4.90 Å². The molecule has 0 aliphatic carbocycles. The summed E-state index contributed by atoms with van der Waals surface area (Å²) < 4.78 is 17.2. The predicted octanol–water partition coefficient (Wildman–Crippen LogP) is 2.61. The van der Waals surface area contributed by atoms with Gasteiger partial charge in [0.2, 0.25) is 0 Å². The first-order valence-corrected chi connectivity index (χ1v) is 9.06. The van der Waals surface area contributed by atoms with E-state index in [1.54, 1.807) is 0 Å². The molecule has 0 saturated carbocycles. The predicted molar refractivity (Wildman–Crippen MR) is 94.9 cm³/mol. The van der Waals surface area contributed by atoms with Crippen LogP contribution in [0, 0.1) is 0 Å². The number of hydrogen-bond donors (Lipinski definition) is 1. The zero-order valence-electron chi connectivity index (χ0n) is 15.1. The lowest BCUT2D eigenvalue weighted by molar-refractivity contribution is 0.0362. The molecule has 134 valence electrons. The minimum Gasteiger partial charge on any atom is -0.494 e. The fourth-order valence-corrected chi connectivity index (χ4v) is 3.49. The van der Waals surface area contributed by atoms with Gasteiger partial charge < -0.3 is 19.5 Å². The smallest absolute Gasteiger partial charge is 0.125 e. The minimum absolute atomic E-state index is 0.156. The van der Waals surface area contributed by atoms with Gasteiger partial charge in [-0.1, -0.05) is 0 Å². The Hall–Kier alpha value is -1.30. The first kappa shape index (κ1) is 17.5. The zero-order valence-corrected chi connectivity index (χ0v) is 15.1. The number of ether oxygens (including phenoxy) is 3. The number of benzene rings is 1. The monoisotopic (exact) mass is 334 g/mol. The number of nitrogens with one attached hydrogen (secondary N) is 1. The van der Waals surface area contributed by atoms with Gasteiger partial charge in [0, 0.05) is 44.2 Å². The highest BCUT2D eigenvalue weighted by atomic mass is 16.5. The summed E-state index contributed by atoms with van der Waals surface area (Å²) in [6.07, 6.45) is 0.957. The summed E-state index contributed by atoms with van der Waals surface area (Å²) in [5, 5.41) is 3.73. The second-order valence-electron chi connectivity index (χ2n) is 7.16. The third kappa shape index (κ3) is 4.41. The van der Waals surface area contributed by atoms with Crippen LogP contribution in [0.3, 0.4) is 0 Å². The van der Waals surface area contributed by atoms with Crippen LogP contribution in [0.1, 0.15) is 38.8 Å². The molecule has 5 heteroatoms. The van der Waals surface area contributed by atoms with Crippen LogP contribution in [0.5, 0.6) is 11.5 Å². The summed E-state index contributed by atoms with van der Waals surface area (Å²) in [7, 11) is 0. The summed E-state index contributed by atoms with van der Waals surface area (Å²) in [6, 6.07) is 6.46. The molecule has 0 unspecified atom stereocenters. The van der Waals surface area contributed by atoms with E-state index in [0.29, 0.717) is 12.6 Å². The van der Waals surface area contributed by atoms with Gasteiger partial charge in [-0.2, -0.15) is 0 Å². The summed E-state index contributed by atoms with van der Waals surface area (Å²) >= 11 is 0. The molecule has 2 heterocycles. The molecule has 24 heavy (non-hydrogen) atoms. The quantitative estimate of drug-likeness (QED) is 0.866. The summed E-state index contributed by atoms with van der Waals surface area (Å²) in [4.78, 5) is 2.46. The van der Waals surface area contributed by atoms with Gasteiger partial charge in [-0.25, -0.2) is 0 Å². The van der Waals surface area contributed by atoms with Gasteiger partial charge >= 0.3 is 0 Å². The lowest BCUT2D eigenvalue weighted by Gasteiger charge is -2.38. The molecular formula is C19H30N2O3. The van der Waals surface area contributed by atoms with Crippen molar-refractivity contribution in [1.29, 1.82) is 0 Å². The normalized spacial score (nSPS) is 23.4. The first-order chi connectivity index (χ1) is 11.6. The van der Waals surface area contributed by atoms with Gasteiger partial charge in [0.05, 0.1) is 19.8 Å². The number of morpholine rings is 1. The van der Waals surface area contributed by atoms with E-state index in [9.17, 15) is 0 Å². The molecule has 2 aliphatic heterocycles. The number of nitrogens with zero attached hydrogens (tertiary/aromatic N) is 1. The van der Waals surface area contributed by atoms with Crippen LogP contribution in [0.25, 0.3) is 0 Å². The van der Waals surface area contributed by atoms with Crippen molar-refractivity contribution in [3.8, 4) is 11.5 Å². The Kier molecular flexibility index (Phi) is 5.64. The molecule has 0 radical (unpaired) electrons. The van der Waals surface area contributed by atoms with Crippen LogP contribution in [0.15, 0.2) is 18.2 Å². The highest BCUT2D eigenvalue weighted by molar-refractivity contribution is 5.44. The molecule has 1 aromatic rings. The Labute approximate surface area is 145 Å². The minimum atomic E-state index is -0.156. The van der Waals surface area contributed by atoms with E-state index in [2.05, 4.69) is 30.1 Å². The van der Waals surface area contributed by atoms with Gasteiger partial charge in [-0.05, 0) is 39.0 Å². The van der Waals surface area contributed by atoms with Crippen molar-refractivity contribution in [3.63, 3.8) is 0 Å². The highest BCUT2D eigenvalue weighted by Crippen LogP contribution is 2.41. The third-order valence-electron chi connectivity index (χ3n) is 4.67. The Balaban J connectivity index is 1.66. The molecule has 1 saturated heterocycles. The molecule has 1 N–H and O–H groups in total. The van der Waals surface area contributed by atoms with E-state index in [1.165, 1.54) is 5.56 Å². The largest absolute Gasteiger partial charge is 0.494 e. The Morgan fingerprint density at radius 3 is 2.83 bits per heavy atom. The van der Waals surface area contributed by atoms with Crippen molar-refractivity contribution in [2.45, 2.75) is 38.8 Å². The zero-order chi connectivity index (χ0) is 17.0. The fraction of sp³-hybridized carbons (Fsp3) is 0.684. The molecular weight excluding hydrogens is 304 g/mol. The van der Waals surface area contributed by atoms with Crippen molar-refractivity contribution >= 4 is 0 Å². The molecule has 0 aromatic heterocycles. The Morgan fingerprint density at radius 2 is 2.08 bits per heavy atom. The summed E-state index contributed by atoms with van der Waals surface area (Å²) in [6.45, 7) is 12.8. The molecule has 3 rings (SSSR count). The maximum absolute atomic E-state index is 6.16. The number of rotatable bonds is 6. The van der Waals surface area contributed by atoms with Crippen LogP contribution >= 0.6 is 0 Å². The molecule has 5 nitrogen and oxygen atoms in total. The Morgan fingerprint density at radius 1 is 1.29 bits per heavy atom. The van der Waals surface area contributed by atoms with Crippen LogP contribution in [-0.4, -0.2) is 56.5 Å². The van der Waals surface area contributed by atoms with Crippen LogP contribution in [0.2, 0.25) is 0 Å². The van der Waals surface area contributed by atoms with E-state index in [0.717, 1.165) is 57.3 Å². The van der Waals surface area contributed by atoms with Crippen molar-refractivity contribution in [3.05, 3.63) is 23.8 Å². The van der Waals surface area contributed by atoms with Crippen molar-refractivity contribution in [2.24, 2.45) is 0 Å². The van der Waals surface area contributed by atoms with Crippen LogP contribution in [-0.2, 0) is 4.74 Å². The van der Waals surface area contributed by atoms with Crippen molar-refractivity contribution in [1.82, 2.24) is 10.2 Å². The SMILES string of the molecule is CCOc1ccc2c(c1)[C@@H](NCCN1CCOCC1)CC(C)(C)O2. The van der Waals surface area contributed by atoms with Crippen LogP contribution < -0.4 is 14.8 Å². The van der Waals surface area contributed by atoms with E-state index >= 15 is 0 Å². The van der Waals surface area contributed by atoms with E-state index in [4.69, 9.17) is 14.2 Å². The maximum Gasteiger partial charge on any atom is 0.125 e. The highest BCUT2D eigenvalue weighted by Gasteiger charge is 2.33. The topological polar surface area (TPSA) is 43.0 Å². The van der Waals surface area contributed by atoms with Crippen molar-refractivity contribution < 1.29 is 14.2 Å². The Bertz CT molecular complexity index is 541. The van der Waals surface area contributed by atoms with Crippen LogP contribution in [0.4, 0.5) is 0 Å². The molecule has 0 spiro atoms. The fourth-order valence-electron chi connectivity index (χ4n) is 3.49. The van der Waals surface area contributed by atoms with E-state index in [-0.39, 0.29) is 5.60 Å². The molecule has 0 bridgehead atoms. The van der Waals surface area contributed by atoms with Gasteiger partial charge in [-0.15, -0.1) is 0 Å². The third-order valence-corrected chi connectivity index (χ3v) is 4.67. The van der Waals surface area contributed by atoms with Gasteiger partial charge in [0.25, 0.3) is 0 Å². The average Bonchev–Trinajstić information content (AvgIpc) is 2.56. The second kappa shape index (κ2) is 7.72. The maximum atomic E-state index is 6.16. The molecule has 1 aromatic carbocycles. The van der Waals surface area contributed by atoms with Gasteiger partial charge in [0.1, 0.15) is 17.1 Å². The van der Waals surface area contributed by atoms with Crippen molar-refractivity contribution in [2.75, 3.05) is 46.0 Å². The average molecular weight is 334 g/mol. The summed E-state index contributed by atoms with van der Waals surface area (Å²) in [5.41, 5.74) is 1.05. The van der Waals surface area contributed by atoms with E-state index in [1.807, 2.05) is 19.1 Å². The number of hydrogen-bond acceptors (Lipinski definition) is 5. The number of fused-ring (bicyclic) bond motifs is 1. The molecule has 2 aliphatic rings. The summed E-state index contributed by atoms with van der Waals surface area (Å²) in [5.74, 6) is 1.89. The lowest BCUT2D eigenvalue weighted by Crippen LogP contribution is -2.43. The molecule has 1 atom stereocenters. The van der Waals surface area contributed by atoms with Gasteiger partial charge in [0.15, 0.2) is 0 Å².